The van der Waals surface area contributed by atoms with Gasteiger partial charge in [0.05, 0.1) is 12.1 Å². The maximum Gasteiger partial charge on any atom is 0.232 e. The van der Waals surface area contributed by atoms with Crippen LogP contribution in [0.4, 0.5) is 5.69 Å². The Morgan fingerprint density at radius 1 is 1.11 bits per heavy atom. The summed E-state index contributed by atoms with van der Waals surface area (Å²) in [5.74, 6) is 0.0992. The number of likely N-dealkylation sites (N-methyl/N-ethyl adjacent to an activating group) is 1. The summed E-state index contributed by atoms with van der Waals surface area (Å²) in [4.78, 5) is 20.6. The van der Waals surface area contributed by atoms with E-state index in [0.29, 0.717) is 13.0 Å². The van der Waals surface area contributed by atoms with Crippen molar-refractivity contribution in [2.45, 2.75) is 27.2 Å². The zero-order valence-electron chi connectivity index (χ0n) is 16.3. The highest BCUT2D eigenvalue weighted by atomic mass is 32.1. The number of hydrogen-bond acceptors (Lipinski definition) is 3. The fourth-order valence-corrected chi connectivity index (χ4v) is 4.29. The molecule has 4 aromatic rings. The number of carbonyl (C=O) groups is 1. The number of para-hydroxylation sites is 1. The zero-order valence-corrected chi connectivity index (χ0v) is 17.2. The molecule has 0 aliphatic carbocycles. The second kappa shape index (κ2) is 7.60. The van der Waals surface area contributed by atoms with Gasteiger partial charge < -0.3 is 4.90 Å². The van der Waals surface area contributed by atoms with Crippen molar-refractivity contribution in [3.8, 4) is 11.3 Å². The first kappa shape index (κ1) is 18.4. The number of fused-ring (bicyclic) bond motifs is 1. The molecule has 2 aromatic carbocycles. The van der Waals surface area contributed by atoms with Gasteiger partial charge in [0.25, 0.3) is 0 Å². The summed E-state index contributed by atoms with van der Waals surface area (Å²) in [5.41, 5.74) is 6.32. The molecule has 2 aromatic heterocycles. The molecule has 0 aliphatic heterocycles. The lowest BCUT2D eigenvalue weighted by Gasteiger charge is -2.22. The predicted octanol–water partition coefficient (Wildman–Crippen LogP) is 5.28. The van der Waals surface area contributed by atoms with Gasteiger partial charge in [0.2, 0.25) is 5.91 Å². The fourth-order valence-electron chi connectivity index (χ4n) is 3.42. The Kier molecular flexibility index (Phi) is 5.01. The van der Waals surface area contributed by atoms with Crippen LogP contribution in [0.25, 0.3) is 16.2 Å². The average Bonchev–Trinajstić information content (AvgIpc) is 3.26. The minimum Gasteiger partial charge on any atom is -0.312 e. The molecule has 0 aliphatic rings. The normalized spacial score (nSPS) is 11.1. The number of amides is 1. The number of anilines is 1. The van der Waals surface area contributed by atoms with Gasteiger partial charge in [0.15, 0.2) is 4.96 Å². The standard InChI is InChI=1S/C23H23N3OS/c1-4-25(21-8-6-5-7-17(21)3)22(27)13-19-15-28-23-24-20(14-26(19)23)18-11-9-16(2)10-12-18/h5-12,14-15H,4,13H2,1-3H3. The summed E-state index contributed by atoms with van der Waals surface area (Å²) in [6, 6.07) is 16.4. The average molecular weight is 390 g/mol. The summed E-state index contributed by atoms with van der Waals surface area (Å²) < 4.78 is 2.05. The zero-order chi connectivity index (χ0) is 19.7. The van der Waals surface area contributed by atoms with Crippen LogP contribution in [-0.4, -0.2) is 21.8 Å². The van der Waals surface area contributed by atoms with Gasteiger partial charge in [0.1, 0.15) is 0 Å². The van der Waals surface area contributed by atoms with Gasteiger partial charge >= 0.3 is 0 Å². The molecule has 142 valence electrons. The Morgan fingerprint density at radius 2 is 1.86 bits per heavy atom. The summed E-state index contributed by atoms with van der Waals surface area (Å²) in [6.07, 6.45) is 2.38. The first-order chi connectivity index (χ1) is 13.6. The quantitative estimate of drug-likeness (QED) is 0.466. The number of aromatic nitrogens is 2. The number of hydrogen-bond donors (Lipinski definition) is 0. The topological polar surface area (TPSA) is 37.6 Å². The van der Waals surface area contributed by atoms with Gasteiger partial charge in [-0.2, -0.15) is 0 Å². The maximum atomic E-state index is 13.0. The van der Waals surface area contributed by atoms with E-state index in [-0.39, 0.29) is 5.91 Å². The van der Waals surface area contributed by atoms with Gasteiger partial charge in [-0.25, -0.2) is 4.98 Å². The molecular formula is C23H23N3OS. The van der Waals surface area contributed by atoms with Crippen LogP contribution in [0, 0.1) is 13.8 Å². The number of imidazole rings is 1. The monoisotopic (exact) mass is 389 g/mol. The van der Waals surface area contributed by atoms with Crippen LogP contribution in [0.5, 0.6) is 0 Å². The lowest BCUT2D eigenvalue weighted by Crippen LogP contribution is -2.32. The van der Waals surface area contributed by atoms with E-state index in [1.165, 1.54) is 5.56 Å². The van der Waals surface area contributed by atoms with Crippen LogP contribution in [0.3, 0.4) is 0 Å². The lowest BCUT2D eigenvalue weighted by molar-refractivity contribution is -0.118. The van der Waals surface area contributed by atoms with E-state index in [4.69, 9.17) is 4.98 Å². The second-order valence-electron chi connectivity index (χ2n) is 6.97. The molecule has 5 heteroatoms. The van der Waals surface area contributed by atoms with Crippen molar-refractivity contribution in [2.24, 2.45) is 0 Å². The van der Waals surface area contributed by atoms with Crippen molar-refractivity contribution < 1.29 is 4.79 Å². The fraction of sp³-hybridized carbons (Fsp3) is 0.217. The SMILES string of the molecule is CCN(C(=O)Cc1csc2nc(-c3ccc(C)cc3)cn12)c1ccccc1C. The number of aryl methyl sites for hydroxylation is 2. The van der Waals surface area contributed by atoms with E-state index < -0.39 is 0 Å². The molecule has 0 fully saturated rings. The van der Waals surface area contributed by atoms with Crippen molar-refractivity contribution in [1.29, 1.82) is 0 Å². The molecule has 0 spiro atoms. The van der Waals surface area contributed by atoms with Crippen LogP contribution in [0.1, 0.15) is 23.7 Å². The number of thiazole rings is 1. The van der Waals surface area contributed by atoms with Crippen LogP contribution in [0.2, 0.25) is 0 Å². The molecule has 0 saturated carbocycles. The largest absolute Gasteiger partial charge is 0.312 e. The highest BCUT2D eigenvalue weighted by Crippen LogP contribution is 2.25. The summed E-state index contributed by atoms with van der Waals surface area (Å²) >= 11 is 1.57. The highest BCUT2D eigenvalue weighted by Gasteiger charge is 2.19. The van der Waals surface area contributed by atoms with E-state index in [9.17, 15) is 4.79 Å². The molecule has 0 bridgehead atoms. The van der Waals surface area contributed by atoms with Gasteiger partial charge in [-0.15, -0.1) is 11.3 Å². The van der Waals surface area contributed by atoms with Crippen molar-refractivity contribution in [2.75, 3.05) is 11.4 Å². The van der Waals surface area contributed by atoms with Crippen molar-refractivity contribution >= 4 is 27.9 Å². The first-order valence-corrected chi connectivity index (χ1v) is 10.3. The number of carbonyl (C=O) groups excluding carboxylic acids is 1. The third-order valence-electron chi connectivity index (χ3n) is 4.99. The predicted molar refractivity (Wildman–Crippen MR) is 116 cm³/mol. The Morgan fingerprint density at radius 3 is 2.57 bits per heavy atom. The third-order valence-corrected chi connectivity index (χ3v) is 5.88. The number of nitrogens with zero attached hydrogens (tertiary/aromatic N) is 3. The molecule has 0 unspecified atom stereocenters. The molecule has 0 N–H and O–H groups in total. The molecule has 0 saturated heterocycles. The smallest absolute Gasteiger partial charge is 0.232 e. The van der Waals surface area contributed by atoms with E-state index in [1.54, 1.807) is 11.3 Å². The Labute approximate surface area is 169 Å². The molecule has 4 nitrogen and oxygen atoms in total. The minimum atomic E-state index is 0.0992. The first-order valence-electron chi connectivity index (χ1n) is 9.45. The van der Waals surface area contributed by atoms with Crippen LogP contribution < -0.4 is 4.90 Å². The summed E-state index contributed by atoms with van der Waals surface area (Å²) in [7, 11) is 0. The Balaban J connectivity index is 1.61. The van der Waals surface area contributed by atoms with Crippen molar-refractivity contribution in [3.63, 3.8) is 0 Å². The Hall–Kier alpha value is -2.92. The summed E-state index contributed by atoms with van der Waals surface area (Å²) in [6.45, 7) is 6.78. The highest BCUT2D eigenvalue weighted by molar-refractivity contribution is 7.15. The minimum absolute atomic E-state index is 0.0992. The van der Waals surface area contributed by atoms with Crippen molar-refractivity contribution in [3.05, 3.63) is 76.9 Å². The van der Waals surface area contributed by atoms with E-state index >= 15 is 0 Å². The summed E-state index contributed by atoms with van der Waals surface area (Å²) in [5, 5.41) is 2.03. The molecule has 28 heavy (non-hydrogen) atoms. The van der Waals surface area contributed by atoms with Gasteiger partial charge in [-0.3, -0.25) is 9.20 Å². The van der Waals surface area contributed by atoms with Gasteiger partial charge in [-0.05, 0) is 32.4 Å². The second-order valence-corrected chi connectivity index (χ2v) is 7.81. The molecule has 0 atom stereocenters. The van der Waals surface area contributed by atoms with Gasteiger partial charge in [0, 0.05) is 35.1 Å². The number of rotatable bonds is 5. The van der Waals surface area contributed by atoms with E-state index in [2.05, 4.69) is 31.2 Å². The van der Waals surface area contributed by atoms with Crippen LogP contribution in [0.15, 0.2) is 60.1 Å². The molecule has 4 rings (SSSR count). The van der Waals surface area contributed by atoms with Crippen LogP contribution in [-0.2, 0) is 11.2 Å². The molecule has 2 heterocycles. The number of benzene rings is 2. The van der Waals surface area contributed by atoms with E-state index in [1.807, 2.05) is 59.0 Å². The van der Waals surface area contributed by atoms with Crippen molar-refractivity contribution in [1.82, 2.24) is 9.38 Å². The van der Waals surface area contributed by atoms with Gasteiger partial charge in [-0.1, -0.05) is 48.0 Å². The Bertz CT molecular complexity index is 1120. The van der Waals surface area contributed by atoms with E-state index in [0.717, 1.165) is 33.2 Å². The molecular weight excluding hydrogens is 366 g/mol. The molecule has 0 radical (unpaired) electrons. The molecule has 1 amide bonds. The van der Waals surface area contributed by atoms with Crippen LogP contribution >= 0.6 is 11.3 Å². The third kappa shape index (κ3) is 3.45. The maximum absolute atomic E-state index is 13.0. The lowest BCUT2D eigenvalue weighted by atomic mass is 10.1.